The van der Waals surface area contributed by atoms with Gasteiger partial charge in [0.15, 0.2) is 5.82 Å². The third-order valence-electron chi connectivity index (χ3n) is 2.36. The highest BCUT2D eigenvalue weighted by atomic mass is 16.5. The molecule has 0 aliphatic rings. The number of rotatable bonds is 8. The fourth-order valence-electron chi connectivity index (χ4n) is 1.66. The quantitative estimate of drug-likeness (QED) is 0.762. The minimum absolute atomic E-state index is 0.554. The van der Waals surface area contributed by atoms with Gasteiger partial charge in [0.2, 0.25) is 5.88 Å². The third kappa shape index (κ3) is 4.87. The highest BCUT2D eigenvalue weighted by molar-refractivity contribution is 5.37. The van der Waals surface area contributed by atoms with Gasteiger partial charge in [-0.1, -0.05) is 20.8 Å². The van der Waals surface area contributed by atoms with E-state index >= 15 is 0 Å². The van der Waals surface area contributed by atoms with E-state index in [2.05, 4.69) is 35.6 Å². The van der Waals surface area contributed by atoms with Gasteiger partial charge < -0.3 is 15.4 Å². The molecule has 0 aliphatic heterocycles. The molecule has 0 amide bonds. The van der Waals surface area contributed by atoms with Gasteiger partial charge in [-0.3, -0.25) is 4.98 Å². The summed E-state index contributed by atoms with van der Waals surface area (Å²) < 4.78 is 5.50. The summed E-state index contributed by atoms with van der Waals surface area (Å²) in [4.78, 5) is 10.8. The van der Waals surface area contributed by atoms with Gasteiger partial charge in [0.05, 0.1) is 19.0 Å². The number of ether oxygens (including phenoxy) is 1. The Kier molecular flexibility index (Phi) is 6.43. The number of aromatic nitrogens is 2. The molecule has 0 aliphatic carbocycles. The van der Waals surface area contributed by atoms with E-state index in [1.165, 1.54) is 0 Å². The second-order valence-corrected chi connectivity index (χ2v) is 4.69. The van der Waals surface area contributed by atoms with Crippen LogP contribution in [0.2, 0.25) is 0 Å². The smallest absolute Gasteiger partial charge is 0.234 e. The molecule has 1 aromatic rings. The maximum Gasteiger partial charge on any atom is 0.234 e. The molecule has 18 heavy (non-hydrogen) atoms. The Balaban J connectivity index is 2.76. The number of hydrogen-bond acceptors (Lipinski definition) is 5. The van der Waals surface area contributed by atoms with Crippen LogP contribution < -0.4 is 15.4 Å². The molecule has 1 aromatic heterocycles. The molecule has 0 bridgehead atoms. The molecule has 1 heterocycles. The summed E-state index contributed by atoms with van der Waals surface area (Å²) in [7, 11) is 0. The van der Waals surface area contributed by atoms with Crippen LogP contribution in [0, 0.1) is 5.92 Å². The van der Waals surface area contributed by atoms with Crippen LogP contribution in [0.5, 0.6) is 5.88 Å². The van der Waals surface area contributed by atoms with E-state index < -0.39 is 0 Å². The number of nitrogens with zero attached hydrogens (tertiary/aromatic N) is 3. The molecule has 0 saturated carbocycles. The van der Waals surface area contributed by atoms with Crippen molar-refractivity contribution in [3.8, 4) is 5.88 Å². The summed E-state index contributed by atoms with van der Waals surface area (Å²) in [6.07, 6.45) is 4.37. The Bertz CT molecular complexity index is 344. The van der Waals surface area contributed by atoms with E-state index in [0.29, 0.717) is 24.9 Å². The van der Waals surface area contributed by atoms with Crippen LogP contribution in [-0.2, 0) is 0 Å². The second-order valence-electron chi connectivity index (χ2n) is 4.69. The first-order chi connectivity index (χ1) is 8.67. The molecule has 1 rings (SSSR count). The fourth-order valence-corrected chi connectivity index (χ4v) is 1.66. The zero-order chi connectivity index (χ0) is 13.4. The molecule has 0 spiro atoms. The van der Waals surface area contributed by atoms with Crippen LogP contribution in [0.15, 0.2) is 12.4 Å². The third-order valence-corrected chi connectivity index (χ3v) is 2.36. The maximum atomic E-state index is 5.64. The first-order valence-electron chi connectivity index (χ1n) is 6.57. The van der Waals surface area contributed by atoms with Gasteiger partial charge in [-0.15, -0.1) is 0 Å². The van der Waals surface area contributed by atoms with Crippen LogP contribution in [0.3, 0.4) is 0 Å². The Labute approximate surface area is 109 Å². The van der Waals surface area contributed by atoms with Gasteiger partial charge in [-0.2, -0.15) is 4.98 Å². The van der Waals surface area contributed by atoms with Crippen LogP contribution in [0.4, 0.5) is 5.82 Å². The van der Waals surface area contributed by atoms with E-state index in [1.807, 2.05) is 0 Å². The number of hydrogen-bond donors (Lipinski definition) is 1. The molecule has 0 aromatic carbocycles. The highest BCUT2D eigenvalue weighted by Gasteiger charge is 2.10. The number of anilines is 1. The molecule has 0 atom stereocenters. The summed E-state index contributed by atoms with van der Waals surface area (Å²) in [5.41, 5.74) is 5.64. The van der Waals surface area contributed by atoms with Gasteiger partial charge in [0, 0.05) is 19.6 Å². The van der Waals surface area contributed by atoms with E-state index in [4.69, 9.17) is 10.5 Å². The molecule has 0 radical (unpaired) electrons. The maximum absolute atomic E-state index is 5.64. The van der Waals surface area contributed by atoms with Crippen molar-refractivity contribution in [3.05, 3.63) is 12.4 Å². The molecule has 0 fully saturated rings. The van der Waals surface area contributed by atoms with E-state index in [0.717, 1.165) is 25.3 Å². The summed E-state index contributed by atoms with van der Waals surface area (Å²) in [5, 5.41) is 0. The Morgan fingerprint density at radius 3 is 2.78 bits per heavy atom. The normalized spacial score (nSPS) is 10.7. The van der Waals surface area contributed by atoms with Crippen molar-refractivity contribution in [1.29, 1.82) is 0 Å². The lowest BCUT2D eigenvalue weighted by Crippen LogP contribution is -2.33. The van der Waals surface area contributed by atoms with Crippen molar-refractivity contribution < 1.29 is 4.74 Å². The molecule has 5 nitrogen and oxygen atoms in total. The lowest BCUT2D eigenvalue weighted by Gasteiger charge is -2.24. The monoisotopic (exact) mass is 252 g/mol. The van der Waals surface area contributed by atoms with Gasteiger partial charge in [-0.25, -0.2) is 0 Å². The predicted molar refractivity (Wildman–Crippen MR) is 73.9 cm³/mol. The molecule has 2 N–H and O–H groups in total. The first kappa shape index (κ1) is 14.7. The zero-order valence-corrected chi connectivity index (χ0v) is 11.6. The van der Waals surface area contributed by atoms with Gasteiger partial charge in [0.25, 0.3) is 0 Å². The van der Waals surface area contributed by atoms with Crippen molar-refractivity contribution in [2.75, 3.05) is 31.1 Å². The predicted octanol–water partition coefficient (Wildman–Crippen LogP) is 1.69. The topological polar surface area (TPSA) is 64.3 Å². The molecule has 0 unspecified atom stereocenters. The highest BCUT2D eigenvalue weighted by Crippen LogP contribution is 2.15. The van der Waals surface area contributed by atoms with Crippen LogP contribution in [0.25, 0.3) is 0 Å². The molecule has 5 heteroatoms. The number of nitrogens with two attached hydrogens (primary N) is 1. The molecule has 0 saturated heterocycles. The Morgan fingerprint density at radius 2 is 2.17 bits per heavy atom. The molecular weight excluding hydrogens is 228 g/mol. The minimum Gasteiger partial charge on any atom is -0.477 e. The average molecular weight is 252 g/mol. The minimum atomic E-state index is 0.554. The van der Waals surface area contributed by atoms with Crippen LogP contribution in [0.1, 0.15) is 27.2 Å². The standard InChI is InChI=1S/C13H24N4O/c1-4-7-18-13-9-15-8-12(16-13)17(6-5-14)10-11(2)3/h8-9,11H,4-7,10,14H2,1-3H3. The average Bonchev–Trinajstić information content (AvgIpc) is 2.36. The van der Waals surface area contributed by atoms with Crippen LogP contribution in [-0.4, -0.2) is 36.2 Å². The SMILES string of the molecule is CCCOc1cncc(N(CCN)CC(C)C)n1. The lowest BCUT2D eigenvalue weighted by molar-refractivity contribution is 0.304. The second kappa shape index (κ2) is 7.87. The molecular formula is C13H24N4O. The van der Waals surface area contributed by atoms with Gasteiger partial charge in [0.1, 0.15) is 0 Å². The fraction of sp³-hybridized carbons (Fsp3) is 0.692. The van der Waals surface area contributed by atoms with Crippen molar-refractivity contribution in [3.63, 3.8) is 0 Å². The van der Waals surface area contributed by atoms with Gasteiger partial charge in [-0.05, 0) is 12.3 Å². The Morgan fingerprint density at radius 1 is 1.39 bits per heavy atom. The summed E-state index contributed by atoms with van der Waals surface area (Å²) in [5.74, 6) is 1.97. The van der Waals surface area contributed by atoms with E-state index in [9.17, 15) is 0 Å². The van der Waals surface area contributed by atoms with E-state index in [-0.39, 0.29) is 0 Å². The summed E-state index contributed by atoms with van der Waals surface area (Å²) >= 11 is 0. The van der Waals surface area contributed by atoms with Gasteiger partial charge >= 0.3 is 0 Å². The summed E-state index contributed by atoms with van der Waals surface area (Å²) in [6.45, 7) is 9.39. The lowest BCUT2D eigenvalue weighted by atomic mass is 10.2. The van der Waals surface area contributed by atoms with Crippen LogP contribution >= 0.6 is 0 Å². The van der Waals surface area contributed by atoms with Crippen molar-refractivity contribution >= 4 is 5.82 Å². The van der Waals surface area contributed by atoms with Crippen molar-refractivity contribution in [2.45, 2.75) is 27.2 Å². The first-order valence-corrected chi connectivity index (χ1v) is 6.57. The largest absolute Gasteiger partial charge is 0.477 e. The zero-order valence-electron chi connectivity index (χ0n) is 11.6. The van der Waals surface area contributed by atoms with Crippen molar-refractivity contribution in [1.82, 2.24) is 9.97 Å². The van der Waals surface area contributed by atoms with E-state index in [1.54, 1.807) is 12.4 Å². The molecule has 102 valence electrons. The van der Waals surface area contributed by atoms with Crippen molar-refractivity contribution in [2.24, 2.45) is 11.7 Å². The summed E-state index contributed by atoms with van der Waals surface area (Å²) in [6, 6.07) is 0. The Hall–Kier alpha value is -1.36.